The molecule has 1 aliphatic carbocycles. The lowest BCUT2D eigenvalue weighted by molar-refractivity contribution is -0.189. The largest absolute Gasteiger partial charge is 0.413 e. The zero-order valence-electron chi connectivity index (χ0n) is 10.3. The number of halogens is 3. The highest BCUT2D eigenvalue weighted by Gasteiger charge is 2.55. The highest BCUT2D eigenvalue weighted by Crippen LogP contribution is 2.37. The molecule has 1 saturated carbocycles. The Kier molecular flexibility index (Phi) is 4.23. The van der Waals surface area contributed by atoms with Crippen LogP contribution in [0.2, 0.25) is 0 Å². The van der Waals surface area contributed by atoms with Crippen LogP contribution in [0.4, 0.5) is 13.2 Å². The third kappa shape index (κ3) is 3.00. The van der Waals surface area contributed by atoms with Crippen molar-refractivity contribution in [1.82, 2.24) is 0 Å². The first kappa shape index (κ1) is 14.5. The number of carbonyl (C=O) groups excluding carboxylic acids is 1. The molecule has 0 saturated heterocycles. The van der Waals surface area contributed by atoms with E-state index in [2.05, 4.69) is 6.92 Å². The maximum absolute atomic E-state index is 12.6. The minimum atomic E-state index is -4.66. The van der Waals surface area contributed by atoms with Gasteiger partial charge in [-0.25, -0.2) is 0 Å². The molecule has 5 heteroatoms. The molecular formula is C12H20F3NO. The van der Waals surface area contributed by atoms with Crippen molar-refractivity contribution in [2.24, 2.45) is 17.6 Å². The number of hydrogen-bond donors (Lipinski definition) is 1. The fraction of sp³-hybridized carbons (Fsp3) is 0.917. The Bertz CT molecular complexity index is 278. The summed E-state index contributed by atoms with van der Waals surface area (Å²) in [6.45, 7) is 2.84. The van der Waals surface area contributed by atoms with Crippen LogP contribution in [0, 0.1) is 11.8 Å². The van der Waals surface area contributed by atoms with Gasteiger partial charge in [-0.15, -0.1) is 0 Å². The molecule has 1 rings (SSSR count). The highest BCUT2D eigenvalue weighted by atomic mass is 19.4. The smallest absolute Gasteiger partial charge is 0.312 e. The number of carbonyl (C=O) groups is 1. The summed E-state index contributed by atoms with van der Waals surface area (Å²) in [4.78, 5) is 11.8. The average Bonchev–Trinajstić information content (AvgIpc) is 2.26. The third-order valence-corrected chi connectivity index (χ3v) is 3.90. The molecule has 0 amide bonds. The molecule has 0 radical (unpaired) electrons. The van der Waals surface area contributed by atoms with Gasteiger partial charge in [0.25, 0.3) is 0 Å². The number of hydrogen-bond acceptors (Lipinski definition) is 2. The molecular weight excluding hydrogens is 231 g/mol. The highest BCUT2D eigenvalue weighted by molar-refractivity contribution is 5.90. The van der Waals surface area contributed by atoms with Gasteiger partial charge >= 0.3 is 6.18 Å². The molecule has 100 valence electrons. The quantitative estimate of drug-likeness (QED) is 0.837. The summed E-state index contributed by atoms with van der Waals surface area (Å²) in [6.07, 6.45) is -0.881. The molecule has 0 aliphatic heterocycles. The van der Waals surface area contributed by atoms with Crippen molar-refractivity contribution in [3.05, 3.63) is 0 Å². The van der Waals surface area contributed by atoms with Crippen molar-refractivity contribution in [3.8, 4) is 0 Å². The summed E-state index contributed by atoms with van der Waals surface area (Å²) < 4.78 is 37.9. The SMILES string of the molecule is CCC1CCC(C(=O)C(C)(N)C(F)(F)F)CC1. The minimum absolute atomic E-state index is 0.519. The van der Waals surface area contributed by atoms with E-state index in [1.54, 1.807) is 0 Å². The Labute approximate surface area is 99.7 Å². The fourth-order valence-electron chi connectivity index (χ4n) is 2.40. The molecule has 0 heterocycles. The van der Waals surface area contributed by atoms with Gasteiger partial charge in [-0.2, -0.15) is 13.2 Å². The van der Waals surface area contributed by atoms with Gasteiger partial charge in [-0.1, -0.05) is 13.3 Å². The second-order valence-corrected chi connectivity index (χ2v) is 5.19. The molecule has 1 fully saturated rings. The van der Waals surface area contributed by atoms with Crippen LogP contribution in [-0.2, 0) is 4.79 Å². The van der Waals surface area contributed by atoms with E-state index in [1.807, 2.05) is 0 Å². The molecule has 0 spiro atoms. The first-order valence-electron chi connectivity index (χ1n) is 6.10. The minimum Gasteiger partial charge on any atom is -0.312 e. The zero-order valence-corrected chi connectivity index (χ0v) is 10.3. The number of ketones is 1. The number of alkyl halides is 3. The standard InChI is InChI=1S/C12H20F3NO/c1-3-8-4-6-9(7-5-8)10(17)11(2,16)12(13,14)15/h8-9H,3-7,16H2,1-2H3. The predicted molar refractivity (Wildman–Crippen MR) is 59.4 cm³/mol. The molecule has 0 aromatic heterocycles. The molecule has 1 aliphatic rings. The monoisotopic (exact) mass is 251 g/mol. The van der Waals surface area contributed by atoms with Crippen molar-refractivity contribution in [3.63, 3.8) is 0 Å². The lowest BCUT2D eigenvalue weighted by Crippen LogP contribution is -2.59. The Morgan fingerprint density at radius 1 is 1.24 bits per heavy atom. The summed E-state index contributed by atoms with van der Waals surface area (Å²) in [5.74, 6) is -0.817. The molecule has 0 bridgehead atoms. The van der Waals surface area contributed by atoms with Crippen LogP contribution in [0.15, 0.2) is 0 Å². The second-order valence-electron chi connectivity index (χ2n) is 5.19. The van der Waals surface area contributed by atoms with Gasteiger partial charge in [0.15, 0.2) is 11.3 Å². The van der Waals surface area contributed by atoms with E-state index in [1.165, 1.54) is 0 Å². The van der Waals surface area contributed by atoms with Crippen molar-refractivity contribution in [2.45, 2.75) is 57.7 Å². The van der Waals surface area contributed by atoms with Gasteiger partial charge in [-0.3, -0.25) is 4.79 Å². The average molecular weight is 251 g/mol. The molecule has 17 heavy (non-hydrogen) atoms. The Hall–Kier alpha value is -0.580. The molecule has 1 atom stereocenters. The van der Waals surface area contributed by atoms with Crippen molar-refractivity contribution < 1.29 is 18.0 Å². The van der Waals surface area contributed by atoms with Crippen LogP contribution < -0.4 is 5.73 Å². The summed E-state index contributed by atoms with van der Waals surface area (Å²) in [5, 5.41) is 0. The van der Waals surface area contributed by atoms with Crippen LogP contribution in [0.5, 0.6) is 0 Å². The number of Topliss-reactive ketones (excluding diaryl/α,β-unsaturated/α-hetero) is 1. The van der Waals surface area contributed by atoms with Crippen molar-refractivity contribution in [1.29, 1.82) is 0 Å². The molecule has 0 aromatic rings. The second kappa shape index (κ2) is 4.96. The van der Waals surface area contributed by atoms with Gasteiger partial charge in [0.1, 0.15) is 0 Å². The van der Waals surface area contributed by atoms with Gasteiger partial charge < -0.3 is 5.73 Å². The van der Waals surface area contributed by atoms with Gasteiger partial charge in [0.2, 0.25) is 0 Å². The van der Waals surface area contributed by atoms with Crippen LogP contribution in [0.3, 0.4) is 0 Å². The molecule has 2 nitrogen and oxygen atoms in total. The zero-order chi connectivity index (χ0) is 13.3. The topological polar surface area (TPSA) is 43.1 Å². The summed E-state index contributed by atoms with van der Waals surface area (Å²) >= 11 is 0. The predicted octanol–water partition coefficient (Wildman–Crippen LogP) is 3.05. The molecule has 1 unspecified atom stereocenters. The first-order chi connectivity index (χ1) is 7.70. The first-order valence-corrected chi connectivity index (χ1v) is 6.10. The third-order valence-electron chi connectivity index (χ3n) is 3.90. The van der Waals surface area contributed by atoms with E-state index in [4.69, 9.17) is 5.73 Å². The lowest BCUT2D eigenvalue weighted by Gasteiger charge is -2.33. The number of rotatable bonds is 3. The van der Waals surface area contributed by atoms with Gasteiger partial charge in [0, 0.05) is 5.92 Å². The van der Waals surface area contributed by atoms with E-state index in [0.29, 0.717) is 18.8 Å². The van der Waals surface area contributed by atoms with Crippen LogP contribution in [0.1, 0.15) is 46.0 Å². The van der Waals surface area contributed by atoms with E-state index in [0.717, 1.165) is 26.2 Å². The maximum Gasteiger partial charge on any atom is 0.413 e. The summed E-state index contributed by atoms with van der Waals surface area (Å²) in [6, 6.07) is 0. The van der Waals surface area contributed by atoms with Crippen LogP contribution in [0.25, 0.3) is 0 Å². The van der Waals surface area contributed by atoms with E-state index in [-0.39, 0.29) is 0 Å². The molecule has 0 aromatic carbocycles. The Morgan fingerprint density at radius 3 is 2.06 bits per heavy atom. The normalized spacial score (nSPS) is 29.8. The molecule has 2 N–H and O–H groups in total. The summed E-state index contributed by atoms with van der Waals surface area (Å²) in [5.41, 5.74) is 2.46. The van der Waals surface area contributed by atoms with E-state index >= 15 is 0 Å². The fourth-order valence-corrected chi connectivity index (χ4v) is 2.40. The van der Waals surface area contributed by atoms with Crippen molar-refractivity contribution in [2.75, 3.05) is 0 Å². The number of nitrogens with two attached hydrogens (primary N) is 1. The van der Waals surface area contributed by atoms with E-state index < -0.39 is 23.4 Å². The van der Waals surface area contributed by atoms with Crippen LogP contribution >= 0.6 is 0 Å². The van der Waals surface area contributed by atoms with Gasteiger partial charge in [0.05, 0.1) is 0 Å². The van der Waals surface area contributed by atoms with E-state index in [9.17, 15) is 18.0 Å². The van der Waals surface area contributed by atoms with Crippen molar-refractivity contribution >= 4 is 5.78 Å². The Balaban J connectivity index is 2.66. The Morgan fingerprint density at radius 2 is 1.71 bits per heavy atom. The maximum atomic E-state index is 12.6. The van der Waals surface area contributed by atoms with Gasteiger partial charge in [-0.05, 0) is 38.5 Å². The lowest BCUT2D eigenvalue weighted by atomic mass is 9.75. The summed E-state index contributed by atoms with van der Waals surface area (Å²) in [7, 11) is 0. The van der Waals surface area contributed by atoms with Crippen LogP contribution in [-0.4, -0.2) is 17.5 Å².